The molecule has 2 aromatic carbocycles. The fourth-order valence-corrected chi connectivity index (χ4v) is 3.17. The van der Waals surface area contributed by atoms with E-state index in [1.165, 1.54) is 31.4 Å². The van der Waals surface area contributed by atoms with Crippen LogP contribution in [0.1, 0.15) is 32.0 Å². The number of hydrogen-bond donors (Lipinski definition) is 2. The molecule has 1 amide bonds. The first-order valence-corrected chi connectivity index (χ1v) is 9.12. The van der Waals surface area contributed by atoms with Crippen molar-refractivity contribution >= 4 is 28.7 Å². The minimum atomic E-state index is -0.471. The van der Waals surface area contributed by atoms with Crippen molar-refractivity contribution in [2.24, 2.45) is 0 Å². The number of anilines is 1. The first-order chi connectivity index (χ1) is 14.5. The van der Waals surface area contributed by atoms with Crippen molar-refractivity contribution in [3.8, 4) is 0 Å². The Morgan fingerprint density at radius 3 is 2.43 bits per heavy atom. The lowest BCUT2D eigenvalue weighted by atomic mass is 10.1. The number of nitrogens with zero attached hydrogens (tertiary/aromatic N) is 3. The smallest absolute Gasteiger partial charge is 0.337 e. The van der Waals surface area contributed by atoms with E-state index in [4.69, 9.17) is 0 Å². The average molecular weight is 407 g/mol. The van der Waals surface area contributed by atoms with Crippen LogP contribution in [-0.4, -0.2) is 39.0 Å². The van der Waals surface area contributed by atoms with E-state index in [9.17, 15) is 14.0 Å². The number of aryl methyl sites for hydroxylation is 1. The zero-order valence-corrected chi connectivity index (χ0v) is 16.3. The number of esters is 1. The molecule has 0 aliphatic carbocycles. The predicted octanol–water partition coefficient (Wildman–Crippen LogP) is 3.29. The van der Waals surface area contributed by atoms with Gasteiger partial charge in [-0.3, -0.25) is 9.89 Å². The number of benzene rings is 2. The summed E-state index contributed by atoms with van der Waals surface area (Å²) in [6, 6.07) is 12.3. The predicted molar refractivity (Wildman–Crippen MR) is 108 cm³/mol. The van der Waals surface area contributed by atoms with Crippen LogP contribution in [-0.2, 0) is 11.3 Å². The highest BCUT2D eigenvalue weighted by molar-refractivity contribution is 6.08. The molecule has 0 aliphatic heterocycles. The second-order valence-electron chi connectivity index (χ2n) is 6.69. The highest BCUT2D eigenvalue weighted by Crippen LogP contribution is 2.25. The number of carbonyl (C=O) groups is 2. The number of methoxy groups -OCH3 is 1. The SMILES string of the molecule is COC(=O)c1ccc(C(=O)Nc2[nH]nc3c2c(C)nn3Cc2ccc(F)cc2)cc1. The standard InChI is InChI=1S/C21H18FN5O3/c1-12-17-18(23-20(28)14-5-7-15(8-6-14)21(29)30-2)24-25-19(17)27(26-12)11-13-3-9-16(22)10-4-13/h3-10H,11H2,1-2H3,(H2,23,24,25,28). The maximum atomic E-state index is 13.1. The number of halogens is 1. The Balaban J connectivity index is 1.56. The van der Waals surface area contributed by atoms with Crippen molar-refractivity contribution in [2.75, 3.05) is 12.4 Å². The van der Waals surface area contributed by atoms with Gasteiger partial charge in [0.1, 0.15) is 11.6 Å². The normalized spacial score (nSPS) is 10.9. The molecular weight excluding hydrogens is 389 g/mol. The lowest BCUT2D eigenvalue weighted by Crippen LogP contribution is -2.13. The van der Waals surface area contributed by atoms with Crippen molar-refractivity contribution in [3.05, 3.63) is 76.7 Å². The van der Waals surface area contributed by atoms with Gasteiger partial charge in [-0.25, -0.2) is 13.9 Å². The third kappa shape index (κ3) is 3.64. The van der Waals surface area contributed by atoms with E-state index in [0.29, 0.717) is 40.2 Å². The number of amides is 1. The van der Waals surface area contributed by atoms with Crippen molar-refractivity contribution in [3.63, 3.8) is 0 Å². The molecule has 0 unspecified atom stereocenters. The zero-order chi connectivity index (χ0) is 21.3. The quantitative estimate of drug-likeness (QED) is 0.494. The van der Waals surface area contributed by atoms with Crippen LogP contribution in [0.3, 0.4) is 0 Å². The number of carbonyl (C=O) groups excluding carboxylic acids is 2. The number of H-pyrrole nitrogens is 1. The summed E-state index contributed by atoms with van der Waals surface area (Å²) in [4.78, 5) is 24.1. The number of rotatable bonds is 5. The summed E-state index contributed by atoms with van der Waals surface area (Å²) in [7, 11) is 1.30. The zero-order valence-electron chi connectivity index (χ0n) is 16.3. The number of aromatic amines is 1. The summed E-state index contributed by atoms with van der Waals surface area (Å²) in [5, 5.41) is 15.1. The molecule has 8 nitrogen and oxygen atoms in total. The van der Waals surface area contributed by atoms with Crippen molar-refractivity contribution < 1.29 is 18.7 Å². The van der Waals surface area contributed by atoms with Crippen molar-refractivity contribution in [2.45, 2.75) is 13.5 Å². The van der Waals surface area contributed by atoms with Crippen LogP contribution in [0.5, 0.6) is 0 Å². The minimum Gasteiger partial charge on any atom is -0.465 e. The molecule has 2 heterocycles. The average Bonchev–Trinajstić information content (AvgIpc) is 3.31. The molecule has 0 saturated heterocycles. The molecule has 0 spiro atoms. The Kier molecular flexibility index (Phi) is 5.01. The molecule has 2 aromatic heterocycles. The Morgan fingerprint density at radius 2 is 1.77 bits per heavy atom. The Hall–Kier alpha value is -4.01. The maximum Gasteiger partial charge on any atom is 0.337 e. The highest BCUT2D eigenvalue weighted by Gasteiger charge is 2.18. The van der Waals surface area contributed by atoms with Gasteiger partial charge in [-0.15, -0.1) is 0 Å². The van der Waals surface area contributed by atoms with Crippen LogP contribution < -0.4 is 5.32 Å². The lowest BCUT2D eigenvalue weighted by Gasteiger charge is -2.04. The summed E-state index contributed by atoms with van der Waals surface area (Å²) < 4.78 is 19.5. The Labute approximate surface area is 170 Å². The van der Waals surface area contributed by atoms with Gasteiger partial charge in [0, 0.05) is 5.56 Å². The molecule has 2 N–H and O–H groups in total. The number of fused-ring (bicyclic) bond motifs is 1. The molecule has 0 fully saturated rings. The highest BCUT2D eigenvalue weighted by atomic mass is 19.1. The maximum absolute atomic E-state index is 13.1. The number of aromatic nitrogens is 4. The number of hydrogen-bond acceptors (Lipinski definition) is 5. The van der Waals surface area contributed by atoms with Gasteiger partial charge in [0.2, 0.25) is 0 Å². The molecule has 4 aromatic rings. The van der Waals surface area contributed by atoms with Gasteiger partial charge in [0.25, 0.3) is 5.91 Å². The van der Waals surface area contributed by atoms with Crippen molar-refractivity contribution in [1.29, 1.82) is 0 Å². The van der Waals surface area contributed by atoms with Gasteiger partial charge in [-0.1, -0.05) is 12.1 Å². The third-order valence-electron chi connectivity index (χ3n) is 4.68. The second kappa shape index (κ2) is 7.78. The second-order valence-corrected chi connectivity index (χ2v) is 6.69. The van der Waals surface area contributed by atoms with Crippen LogP contribution >= 0.6 is 0 Å². The molecular formula is C21H18FN5O3. The summed E-state index contributed by atoms with van der Waals surface area (Å²) in [6.07, 6.45) is 0. The van der Waals surface area contributed by atoms with Crippen LogP contribution in [0.25, 0.3) is 11.0 Å². The van der Waals surface area contributed by atoms with E-state index < -0.39 is 5.97 Å². The lowest BCUT2D eigenvalue weighted by molar-refractivity contribution is 0.0600. The van der Waals surface area contributed by atoms with E-state index in [-0.39, 0.29) is 11.7 Å². The van der Waals surface area contributed by atoms with Gasteiger partial charge >= 0.3 is 5.97 Å². The van der Waals surface area contributed by atoms with Gasteiger partial charge in [0.15, 0.2) is 5.65 Å². The number of ether oxygens (including phenoxy) is 1. The fraction of sp³-hybridized carbons (Fsp3) is 0.143. The Morgan fingerprint density at radius 1 is 1.10 bits per heavy atom. The van der Waals surface area contributed by atoms with Gasteiger partial charge < -0.3 is 10.1 Å². The first-order valence-electron chi connectivity index (χ1n) is 9.12. The molecule has 0 bridgehead atoms. The summed E-state index contributed by atoms with van der Waals surface area (Å²) >= 11 is 0. The van der Waals surface area contributed by atoms with E-state index in [1.54, 1.807) is 28.9 Å². The van der Waals surface area contributed by atoms with Gasteiger partial charge in [-0.2, -0.15) is 10.2 Å². The molecule has 0 radical (unpaired) electrons. The van der Waals surface area contributed by atoms with Crippen LogP contribution in [0, 0.1) is 12.7 Å². The van der Waals surface area contributed by atoms with Crippen LogP contribution in [0.4, 0.5) is 10.2 Å². The van der Waals surface area contributed by atoms with Gasteiger partial charge in [0.05, 0.1) is 30.3 Å². The minimum absolute atomic E-state index is 0.301. The van der Waals surface area contributed by atoms with E-state index in [0.717, 1.165) is 5.56 Å². The molecule has 0 aliphatic rings. The van der Waals surface area contributed by atoms with Gasteiger partial charge in [-0.05, 0) is 48.9 Å². The summed E-state index contributed by atoms with van der Waals surface area (Å²) in [5.74, 6) is -0.705. The van der Waals surface area contributed by atoms with E-state index in [2.05, 4.69) is 25.3 Å². The Bertz CT molecular complexity index is 1230. The molecule has 0 atom stereocenters. The fourth-order valence-electron chi connectivity index (χ4n) is 3.17. The first kappa shape index (κ1) is 19.3. The molecule has 0 saturated carbocycles. The molecule has 152 valence electrons. The topological polar surface area (TPSA) is 102 Å². The largest absolute Gasteiger partial charge is 0.465 e. The van der Waals surface area contributed by atoms with E-state index >= 15 is 0 Å². The molecule has 9 heteroatoms. The summed E-state index contributed by atoms with van der Waals surface area (Å²) in [6.45, 7) is 2.23. The van der Waals surface area contributed by atoms with E-state index in [1.807, 2.05) is 6.92 Å². The molecule has 30 heavy (non-hydrogen) atoms. The van der Waals surface area contributed by atoms with Crippen LogP contribution in [0.2, 0.25) is 0 Å². The number of nitrogens with one attached hydrogen (secondary N) is 2. The monoisotopic (exact) mass is 407 g/mol. The summed E-state index contributed by atoms with van der Waals surface area (Å²) in [5.41, 5.74) is 2.88. The van der Waals surface area contributed by atoms with Crippen LogP contribution in [0.15, 0.2) is 48.5 Å². The third-order valence-corrected chi connectivity index (χ3v) is 4.68. The molecule has 4 rings (SSSR count). The van der Waals surface area contributed by atoms with Crippen molar-refractivity contribution in [1.82, 2.24) is 20.0 Å².